The molecule has 4 nitrogen and oxygen atoms in total. The van der Waals surface area contributed by atoms with Gasteiger partial charge in [0.2, 0.25) is 0 Å². The molecular formula is C16H13N3O. The maximum absolute atomic E-state index is 9.06. The van der Waals surface area contributed by atoms with Gasteiger partial charge in [0.15, 0.2) is 0 Å². The van der Waals surface area contributed by atoms with Crippen molar-refractivity contribution >= 4 is 16.8 Å². The van der Waals surface area contributed by atoms with E-state index >= 15 is 0 Å². The Morgan fingerprint density at radius 3 is 2.90 bits per heavy atom. The van der Waals surface area contributed by atoms with E-state index in [2.05, 4.69) is 16.4 Å². The number of fused-ring (bicyclic) bond motifs is 1. The summed E-state index contributed by atoms with van der Waals surface area (Å²) >= 11 is 0. The van der Waals surface area contributed by atoms with Crippen molar-refractivity contribution < 1.29 is 4.42 Å². The van der Waals surface area contributed by atoms with Crippen LogP contribution in [-0.2, 0) is 0 Å². The second-order valence-electron chi connectivity index (χ2n) is 4.56. The number of benzene rings is 1. The molecule has 0 fully saturated rings. The first kappa shape index (κ1) is 12.2. The zero-order valence-corrected chi connectivity index (χ0v) is 11.0. The zero-order valence-electron chi connectivity index (χ0n) is 11.0. The largest absolute Gasteiger partial charge is 0.459 e. The minimum atomic E-state index is -0.0654. The lowest BCUT2D eigenvalue weighted by Crippen LogP contribution is -2.08. The molecule has 1 atom stereocenters. The number of para-hydroxylation sites is 1. The summed E-state index contributed by atoms with van der Waals surface area (Å²) in [5.41, 5.74) is 1.38. The lowest BCUT2D eigenvalue weighted by atomic mass is 10.2. The van der Waals surface area contributed by atoms with Crippen molar-refractivity contribution in [1.29, 1.82) is 5.26 Å². The summed E-state index contributed by atoms with van der Waals surface area (Å²) < 4.78 is 5.80. The Bertz CT molecular complexity index is 753. The first-order chi connectivity index (χ1) is 9.78. The van der Waals surface area contributed by atoms with E-state index in [1.165, 1.54) is 0 Å². The molecule has 2 aromatic heterocycles. The Morgan fingerprint density at radius 1 is 1.25 bits per heavy atom. The highest BCUT2D eigenvalue weighted by atomic mass is 16.3. The van der Waals surface area contributed by atoms with Crippen LogP contribution in [0.15, 0.2) is 53.1 Å². The molecule has 0 aliphatic rings. The van der Waals surface area contributed by atoms with Crippen LogP contribution in [0.1, 0.15) is 24.3 Å². The normalized spacial score (nSPS) is 12.0. The number of nitriles is 1. The van der Waals surface area contributed by atoms with Gasteiger partial charge in [-0.3, -0.25) is 0 Å². The first-order valence-corrected chi connectivity index (χ1v) is 6.38. The molecule has 0 unspecified atom stereocenters. The molecule has 0 bridgehead atoms. The summed E-state index contributed by atoms with van der Waals surface area (Å²) in [6.07, 6.45) is 1.66. The summed E-state index contributed by atoms with van der Waals surface area (Å²) in [5, 5.41) is 13.3. The van der Waals surface area contributed by atoms with E-state index in [9.17, 15) is 0 Å². The number of aromatic nitrogens is 1. The van der Waals surface area contributed by atoms with Gasteiger partial charge < -0.3 is 9.73 Å². The maximum atomic E-state index is 9.06. The van der Waals surface area contributed by atoms with Gasteiger partial charge in [0.1, 0.15) is 23.2 Å². The number of rotatable bonds is 3. The molecule has 0 aliphatic carbocycles. The number of pyridine rings is 1. The third kappa shape index (κ3) is 2.21. The third-order valence-corrected chi connectivity index (χ3v) is 3.15. The van der Waals surface area contributed by atoms with Crippen molar-refractivity contribution in [1.82, 2.24) is 4.98 Å². The molecule has 0 spiro atoms. The average Bonchev–Trinajstić information content (AvgIpc) is 2.92. The second kappa shape index (κ2) is 5.06. The van der Waals surface area contributed by atoms with E-state index in [4.69, 9.17) is 9.68 Å². The minimum Gasteiger partial charge on any atom is -0.459 e. The van der Waals surface area contributed by atoms with E-state index in [0.717, 1.165) is 16.7 Å². The van der Waals surface area contributed by atoms with Gasteiger partial charge in [-0.1, -0.05) is 18.2 Å². The van der Waals surface area contributed by atoms with Crippen LogP contribution in [0.2, 0.25) is 0 Å². The molecule has 3 rings (SSSR count). The fraction of sp³-hybridized carbons (Fsp3) is 0.125. The topological polar surface area (TPSA) is 61.9 Å². The molecule has 0 saturated heterocycles. The van der Waals surface area contributed by atoms with Crippen LogP contribution in [0.3, 0.4) is 0 Å². The molecule has 0 aliphatic heterocycles. The fourth-order valence-corrected chi connectivity index (χ4v) is 2.10. The van der Waals surface area contributed by atoms with Crippen molar-refractivity contribution in [2.24, 2.45) is 0 Å². The molecule has 20 heavy (non-hydrogen) atoms. The highest BCUT2D eigenvalue weighted by molar-refractivity contribution is 5.77. The first-order valence-electron chi connectivity index (χ1n) is 6.38. The monoisotopic (exact) mass is 263 g/mol. The fourth-order valence-electron chi connectivity index (χ4n) is 2.10. The van der Waals surface area contributed by atoms with Crippen LogP contribution in [0.4, 0.5) is 5.82 Å². The van der Waals surface area contributed by atoms with Crippen molar-refractivity contribution in [3.8, 4) is 6.07 Å². The predicted molar refractivity (Wildman–Crippen MR) is 77.2 cm³/mol. The Labute approximate surface area is 116 Å². The van der Waals surface area contributed by atoms with E-state index in [0.29, 0.717) is 11.4 Å². The van der Waals surface area contributed by atoms with E-state index < -0.39 is 0 Å². The van der Waals surface area contributed by atoms with E-state index in [1.54, 1.807) is 18.3 Å². The number of nitrogens with one attached hydrogen (secondary N) is 1. The molecule has 98 valence electrons. The minimum absolute atomic E-state index is 0.0654. The SMILES string of the molecule is C[C@@H](Nc1ncccc1C#N)c1cc2ccccc2o1. The van der Waals surface area contributed by atoms with Gasteiger partial charge in [0.05, 0.1) is 11.6 Å². The highest BCUT2D eigenvalue weighted by Gasteiger charge is 2.13. The summed E-state index contributed by atoms with van der Waals surface area (Å²) in [7, 11) is 0. The molecule has 1 N–H and O–H groups in total. The van der Waals surface area contributed by atoms with Crippen molar-refractivity contribution in [3.05, 3.63) is 60.0 Å². The highest BCUT2D eigenvalue weighted by Crippen LogP contribution is 2.26. The van der Waals surface area contributed by atoms with E-state index in [-0.39, 0.29) is 6.04 Å². The number of anilines is 1. The Hall–Kier alpha value is -2.80. The van der Waals surface area contributed by atoms with Crippen molar-refractivity contribution in [3.63, 3.8) is 0 Å². The standard InChI is InChI=1S/C16H13N3O/c1-11(19-16-13(10-17)6-4-8-18-16)15-9-12-5-2-3-7-14(12)20-15/h2-9,11H,1H3,(H,18,19)/t11-/m1/s1. The third-order valence-electron chi connectivity index (χ3n) is 3.15. The van der Waals surface area contributed by atoms with Crippen molar-refractivity contribution in [2.75, 3.05) is 5.32 Å². The number of nitrogens with zero attached hydrogens (tertiary/aromatic N) is 2. The van der Waals surface area contributed by atoms with Gasteiger partial charge in [-0.2, -0.15) is 5.26 Å². The summed E-state index contributed by atoms with van der Waals surface area (Å²) in [4.78, 5) is 4.19. The van der Waals surface area contributed by atoms with Gasteiger partial charge in [0, 0.05) is 11.6 Å². The molecule has 2 heterocycles. The predicted octanol–water partition coefficient (Wildman–Crippen LogP) is 3.87. The molecule has 4 heteroatoms. The average molecular weight is 263 g/mol. The van der Waals surface area contributed by atoms with E-state index in [1.807, 2.05) is 37.3 Å². The van der Waals surface area contributed by atoms with Gasteiger partial charge >= 0.3 is 0 Å². The summed E-state index contributed by atoms with van der Waals surface area (Å²) in [5.74, 6) is 1.39. The van der Waals surface area contributed by atoms with Crippen molar-refractivity contribution in [2.45, 2.75) is 13.0 Å². The molecular weight excluding hydrogens is 250 g/mol. The van der Waals surface area contributed by atoms with Crippen LogP contribution in [-0.4, -0.2) is 4.98 Å². The van der Waals surface area contributed by atoms with Gasteiger partial charge in [-0.25, -0.2) is 4.98 Å². The Kier molecular flexibility index (Phi) is 3.10. The zero-order chi connectivity index (χ0) is 13.9. The van der Waals surface area contributed by atoms with Crippen LogP contribution in [0.25, 0.3) is 11.0 Å². The molecule has 1 aromatic carbocycles. The van der Waals surface area contributed by atoms with Crippen LogP contribution >= 0.6 is 0 Å². The van der Waals surface area contributed by atoms with Crippen LogP contribution in [0, 0.1) is 11.3 Å². The number of hydrogen-bond donors (Lipinski definition) is 1. The smallest absolute Gasteiger partial charge is 0.144 e. The summed E-state index contributed by atoms with van der Waals surface area (Å²) in [6, 6.07) is 15.4. The lowest BCUT2D eigenvalue weighted by molar-refractivity contribution is 0.525. The van der Waals surface area contributed by atoms with Gasteiger partial charge in [0.25, 0.3) is 0 Å². The second-order valence-corrected chi connectivity index (χ2v) is 4.56. The molecule has 0 saturated carbocycles. The number of furan rings is 1. The maximum Gasteiger partial charge on any atom is 0.144 e. The molecule has 3 aromatic rings. The van der Waals surface area contributed by atoms with Crippen LogP contribution in [0.5, 0.6) is 0 Å². The van der Waals surface area contributed by atoms with Gasteiger partial charge in [-0.15, -0.1) is 0 Å². The van der Waals surface area contributed by atoms with Gasteiger partial charge in [-0.05, 0) is 31.2 Å². The van der Waals surface area contributed by atoms with Crippen LogP contribution < -0.4 is 5.32 Å². The quantitative estimate of drug-likeness (QED) is 0.779. The lowest BCUT2D eigenvalue weighted by Gasteiger charge is -2.12. The molecule has 0 radical (unpaired) electrons. The summed E-state index contributed by atoms with van der Waals surface area (Å²) in [6.45, 7) is 1.98. The number of hydrogen-bond acceptors (Lipinski definition) is 4. The molecule has 0 amide bonds. The Morgan fingerprint density at radius 2 is 2.10 bits per heavy atom. The Balaban J connectivity index is 1.89.